The van der Waals surface area contributed by atoms with Crippen LogP contribution in [0, 0.1) is 0 Å². The van der Waals surface area contributed by atoms with Crippen LogP contribution in [0.3, 0.4) is 0 Å². The van der Waals surface area contributed by atoms with Crippen molar-refractivity contribution < 1.29 is 32.2 Å². The predicted octanol–water partition coefficient (Wildman–Crippen LogP) is 3.12. The molecule has 1 aromatic carbocycles. The fraction of sp³-hybridized carbons (Fsp3) is 0.417. The highest BCUT2D eigenvalue weighted by molar-refractivity contribution is 5.64. The Hall–Kier alpha value is -1.99. The summed E-state index contributed by atoms with van der Waals surface area (Å²) in [5.74, 6) is -0.407. The van der Waals surface area contributed by atoms with Crippen molar-refractivity contribution in [2.75, 3.05) is 0 Å². The van der Waals surface area contributed by atoms with Crippen LogP contribution in [0.1, 0.15) is 12.5 Å². The molecule has 0 spiro atoms. The van der Waals surface area contributed by atoms with E-state index in [9.17, 15) is 22.4 Å². The average molecular weight is 295 g/mol. The summed E-state index contributed by atoms with van der Waals surface area (Å²) in [5.41, 5.74) is 0.480. The maximum absolute atomic E-state index is 12.7. The van der Waals surface area contributed by atoms with Crippen LogP contribution in [0.5, 0.6) is 5.75 Å². The summed E-state index contributed by atoms with van der Waals surface area (Å²) in [4.78, 5) is 10.4. The minimum Gasteiger partial charge on any atom is -0.465 e. The lowest BCUT2D eigenvalue weighted by Crippen LogP contribution is -2.33. The van der Waals surface area contributed by atoms with Crippen LogP contribution >= 0.6 is 0 Å². The van der Waals surface area contributed by atoms with E-state index in [0.717, 1.165) is 12.1 Å². The largest absolute Gasteiger partial charge is 0.465 e. The molecule has 1 atom stereocenters. The lowest BCUT2D eigenvalue weighted by Gasteiger charge is -2.17. The molecule has 1 rings (SSSR count). The van der Waals surface area contributed by atoms with Crippen molar-refractivity contribution in [2.24, 2.45) is 0 Å². The number of nitrogens with one attached hydrogen (secondary N) is 1. The molecule has 0 saturated carbocycles. The molecule has 20 heavy (non-hydrogen) atoms. The van der Waals surface area contributed by atoms with Gasteiger partial charge in [-0.15, -0.1) is 0 Å². The number of alkyl halides is 4. The van der Waals surface area contributed by atoms with Gasteiger partial charge in [-0.1, -0.05) is 12.1 Å². The van der Waals surface area contributed by atoms with Gasteiger partial charge < -0.3 is 15.2 Å². The van der Waals surface area contributed by atoms with E-state index >= 15 is 0 Å². The summed E-state index contributed by atoms with van der Waals surface area (Å²) in [6.45, 7) is 1.58. The van der Waals surface area contributed by atoms with Gasteiger partial charge in [-0.3, -0.25) is 0 Å². The third kappa shape index (κ3) is 4.94. The van der Waals surface area contributed by atoms with Gasteiger partial charge in [0.1, 0.15) is 5.75 Å². The maximum atomic E-state index is 12.7. The van der Waals surface area contributed by atoms with Crippen LogP contribution in [0.25, 0.3) is 0 Å². The van der Waals surface area contributed by atoms with Crippen molar-refractivity contribution >= 4 is 6.09 Å². The molecule has 0 bridgehead atoms. The molecule has 1 aromatic rings. The predicted molar refractivity (Wildman–Crippen MR) is 62.3 cm³/mol. The number of carboxylic acid groups (broad SMARTS) is 1. The molecule has 0 aliphatic carbocycles. The van der Waals surface area contributed by atoms with E-state index in [1.54, 1.807) is 13.0 Å². The summed E-state index contributed by atoms with van der Waals surface area (Å²) in [6.07, 6.45) is -9.50. The molecule has 1 amide bonds. The van der Waals surface area contributed by atoms with Crippen molar-refractivity contribution in [1.29, 1.82) is 0 Å². The van der Waals surface area contributed by atoms with E-state index in [4.69, 9.17) is 5.11 Å². The van der Waals surface area contributed by atoms with Crippen molar-refractivity contribution in [3.63, 3.8) is 0 Å². The smallest absolute Gasteiger partial charge is 0.461 e. The highest BCUT2D eigenvalue weighted by Crippen LogP contribution is 2.28. The van der Waals surface area contributed by atoms with Gasteiger partial charge in [-0.25, -0.2) is 4.79 Å². The number of hydrogen-bond acceptors (Lipinski definition) is 2. The topological polar surface area (TPSA) is 58.6 Å². The first kappa shape index (κ1) is 16.1. The molecule has 1 unspecified atom stereocenters. The van der Waals surface area contributed by atoms with Crippen molar-refractivity contribution in [3.8, 4) is 5.75 Å². The molecule has 4 nitrogen and oxygen atoms in total. The second-order valence-corrected chi connectivity index (χ2v) is 4.17. The molecule has 0 heterocycles. The lowest BCUT2D eigenvalue weighted by atomic mass is 10.1. The Morgan fingerprint density at radius 3 is 2.65 bits per heavy atom. The molecule has 0 fully saturated rings. The van der Waals surface area contributed by atoms with Crippen LogP contribution in [0.4, 0.5) is 22.4 Å². The normalized spacial score (nSPS) is 13.1. The van der Waals surface area contributed by atoms with Gasteiger partial charge >= 0.3 is 18.6 Å². The average Bonchev–Trinajstić information content (AvgIpc) is 2.26. The van der Waals surface area contributed by atoms with E-state index in [1.165, 1.54) is 6.07 Å². The fourth-order valence-electron chi connectivity index (χ4n) is 1.55. The third-order valence-electron chi connectivity index (χ3n) is 2.32. The molecule has 0 aliphatic heterocycles. The Bertz CT molecular complexity index is 468. The molecule has 0 radical (unpaired) electrons. The van der Waals surface area contributed by atoms with Gasteiger partial charge in [0, 0.05) is 6.04 Å². The summed E-state index contributed by atoms with van der Waals surface area (Å²) >= 11 is 0. The molecule has 0 aliphatic rings. The van der Waals surface area contributed by atoms with Crippen molar-refractivity contribution in [1.82, 2.24) is 5.32 Å². The molecular weight excluding hydrogens is 282 g/mol. The van der Waals surface area contributed by atoms with Crippen LogP contribution in [-0.2, 0) is 6.42 Å². The number of amides is 1. The van der Waals surface area contributed by atoms with Gasteiger partial charge in [0.2, 0.25) is 0 Å². The molecule has 2 N–H and O–H groups in total. The maximum Gasteiger partial charge on any atom is 0.461 e. The van der Waals surface area contributed by atoms with E-state index < -0.39 is 30.4 Å². The summed E-state index contributed by atoms with van der Waals surface area (Å²) < 4.78 is 53.4. The zero-order chi connectivity index (χ0) is 15.3. The highest BCUT2D eigenvalue weighted by Gasteiger charge is 2.43. The van der Waals surface area contributed by atoms with Crippen molar-refractivity contribution in [3.05, 3.63) is 29.8 Å². The summed E-state index contributed by atoms with van der Waals surface area (Å²) in [7, 11) is 0. The van der Waals surface area contributed by atoms with Gasteiger partial charge in [-0.05, 0) is 31.0 Å². The zero-order valence-corrected chi connectivity index (χ0v) is 10.4. The van der Waals surface area contributed by atoms with Gasteiger partial charge in [-0.2, -0.15) is 17.6 Å². The van der Waals surface area contributed by atoms with Crippen LogP contribution in [0.2, 0.25) is 0 Å². The first-order chi connectivity index (χ1) is 9.20. The van der Waals surface area contributed by atoms with Crippen LogP contribution < -0.4 is 10.1 Å². The molecule has 112 valence electrons. The van der Waals surface area contributed by atoms with E-state index in [2.05, 4.69) is 10.1 Å². The Morgan fingerprint density at radius 2 is 2.10 bits per heavy atom. The first-order valence-electron chi connectivity index (χ1n) is 5.64. The number of benzene rings is 1. The number of carbonyl (C=O) groups is 1. The molecular formula is C12H13F4NO3. The van der Waals surface area contributed by atoms with E-state index in [1.807, 2.05) is 0 Å². The van der Waals surface area contributed by atoms with Crippen LogP contribution in [-0.4, -0.2) is 29.8 Å². The molecule has 0 saturated heterocycles. The van der Waals surface area contributed by atoms with Crippen molar-refractivity contribution in [2.45, 2.75) is 31.9 Å². The second kappa shape index (κ2) is 6.44. The lowest BCUT2D eigenvalue weighted by molar-refractivity contribution is -0.253. The first-order valence-corrected chi connectivity index (χ1v) is 5.64. The fourth-order valence-corrected chi connectivity index (χ4v) is 1.55. The monoisotopic (exact) mass is 295 g/mol. The number of hydrogen-bond donors (Lipinski definition) is 2. The quantitative estimate of drug-likeness (QED) is 0.793. The number of rotatable bonds is 6. The minimum absolute atomic E-state index is 0.212. The van der Waals surface area contributed by atoms with Gasteiger partial charge in [0.05, 0.1) is 0 Å². The number of halogens is 4. The summed E-state index contributed by atoms with van der Waals surface area (Å²) in [5, 5.41) is 10.7. The summed E-state index contributed by atoms with van der Waals surface area (Å²) in [6, 6.07) is 4.73. The van der Waals surface area contributed by atoms with Gasteiger partial charge in [0.15, 0.2) is 0 Å². The molecule has 0 aromatic heterocycles. The second-order valence-electron chi connectivity index (χ2n) is 4.17. The van der Waals surface area contributed by atoms with Gasteiger partial charge in [0.25, 0.3) is 0 Å². The third-order valence-corrected chi connectivity index (χ3v) is 2.32. The number of ether oxygens (including phenoxy) is 1. The highest BCUT2D eigenvalue weighted by atomic mass is 19.3. The Labute approximate surface area is 112 Å². The standard InChI is InChI=1S/C12H13F4NO3/c1-7(17-11(18)19)5-8-3-2-4-9(6-8)20-12(15,16)10(13)14/h2-4,6-7,10,17H,5H2,1H3,(H,18,19). The Balaban J connectivity index is 2.73. The zero-order valence-electron chi connectivity index (χ0n) is 10.4. The van der Waals surface area contributed by atoms with E-state index in [-0.39, 0.29) is 6.42 Å². The van der Waals surface area contributed by atoms with Crippen LogP contribution in [0.15, 0.2) is 24.3 Å². The Morgan fingerprint density at radius 1 is 1.45 bits per heavy atom. The van der Waals surface area contributed by atoms with E-state index in [0.29, 0.717) is 5.56 Å². The minimum atomic E-state index is -4.57. The Kier molecular flexibility index (Phi) is 5.18. The molecule has 8 heteroatoms. The SMILES string of the molecule is CC(Cc1cccc(OC(F)(F)C(F)F)c1)NC(=O)O.